The fraction of sp³-hybridized carbons (Fsp3) is 0.417. The average Bonchev–Trinajstić information content (AvgIpc) is 2.28. The van der Waals surface area contributed by atoms with Crippen LogP contribution >= 0.6 is 11.6 Å². The molecule has 4 heteroatoms. The normalized spacial score (nSPS) is 10.8. The number of halogens is 1. The molecule has 0 atom stereocenters. The molecule has 0 bridgehead atoms. The standard InChI is InChI=1S/C12H15ClO3/c1-3-15-12(16-4-2)11(14)9-7-5-6-8-10(9)13/h5-8,12H,3-4H2,1-2H3. The first kappa shape index (κ1) is 13.2. The first-order chi connectivity index (χ1) is 7.70. The highest BCUT2D eigenvalue weighted by atomic mass is 35.5. The lowest BCUT2D eigenvalue weighted by molar-refractivity contribution is -0.107. The summed E-state index contributed by atoms with van der Waals surface area (Å²) in [6.07, 6.45) is -0.866. The van der Waals surface area contributed by atoms with E-state index in [-0.39, 0.29) is 5.78 Å². The minimum atomic E-state index is -0.866. The van der Waals surface area contributed by atoms with Crippen molar-refractivity contribution in [3.05, 3.63) is 34.9 Å². The topological polar surface area (TPSA) is 35.5 Å². The quantitative estimate of drug-likeness (QED) is 0.568. The molecule has 0 aliphatic rings. The molecule has 0 saturated heterocycles. The highest BCUT2D eigenvalue weighted by Crippen LogP contribution is 2.18. The van der Waals surface area contributed by atoms with Gasteiger partial charge in [-0.25, -0.2) is 0 Å². The van der Waals surface area contributed by atoms with Crippen LogP contribution < -0.4 is 0 Å². The summed E-state index contributed by atoms with van der Waals surface area (Å²) in [5.74, 6) is -0.241. The Kier molecular flexibility index (Phi) is 5.46. The van der Waals surface area contributed by atoms with Gasteiger partial charge in [-0.15, -0.1) is 0 Å². The second-order valence-corrected chi connectivity index (χ2v) is 3.49. The van der Waals surface area contributed by atoms with Gasteiger partial charge in [-0.1, -0.05) is 23.7 Å². The van der Waals surface area contributed by atoms with Crippen molar-refractivity contribution in [1.29, 1.82) is 0 Å². The van der Waals surface area contributed by atoms with Gasteiger partial charge in [0.25, 0.3) is 0 Å². The van der Waals surface area contributed by atoms with Gasteiger partial charge >= 0.3 is 0 Å². The Balaban J connectivity index is 2.85. The number of carbonyl (C=O) groups excluding carboxylic acids is 1. The largest absolute Gasteiger partial charge is 0.346 e. The third kappa shape index (κ3) is 3.30. The number of carbonyl (C=O) groups is 1. The van der Waals surface area contributed by atoms with Crippen LogP contribution in [-0.2, 0) is 9.47 Å². The molecule has 1 rings (SSSR count). The summed E-state index contributed by atoms with van der Waals surface area (Å²) in [4.78, 5) is 12.0. The summed E-state index contributed by atoms with van der Waals surface area (Å²) in [5.41, 5.74) is 0.427. The first-order valence-corrected chi connectivity index (χ1v) is 5.60. The van der Waals surface area contributed by atoms with Crippen LogP contribution in [0.3, 0.4) is 0 Å². The van der Waals surface area contributed by atoms with Gasteiger partial charge in [-0.2, -0.15) is 0 Å². The molecular weight excluding hydrogens is 228 g/mol. The van der Waals surface area contributed by atoms with Crippen molar-refractivity contribution in [2.75, 3.05) is 13.2 Å². The molecular formula is C12H15ClO3. The molecule has 16 heavy (non-hydrogen) atoms. The highest BCUT2D eigenvalue weighted by molar-refractivity contribution is 6.34. The van der Waals surface area contributed by atoms with Gasteiger partial charge in [0.1, 0.15) is 0 Å². The SMILES string of the molecule is CCOC(OCC)C(=O)c1ccccc1Cl. The number of ketones is 1. The number of hydrogen-bond donors (Lipinski definition) is 0. The Hall–Kier alpha value is -0.900. The van der Waals surface area contributed by atoms with E-state index >= 15 is 0 Å². The molecule has 1 aromatic carbocycles. The summed E-state index contributed by atoms with van der Waals surface area (Å²) in [7, 11) is 0. The van der Waals surface area contributed by atoms with Gasteiger partial charge in [0, 0.05) is 18.8 Å². The van der Waals surface area contributed by atoms with Gasteiger partial charge in [-0.3, -0.25) is 4.79 Å². The van der Waals surface area contributed by atoms with Crippen molar-refractivity contribution in [1.82, 2.24) is 0 Å². The van der Waals surface area contributed by atoms with E-state index in [1.54, 1.807) is 24.3 Å². The molecule has 0 N–H and O–H groups in total. The lowest BCUT2D eigenvalue weighted by Crippen LogP contribution is -2.28. The highest BCUT2D eigenvalue weighted by Gasteiger charge is 2.22. The van der Waals surface area contributed by atoms with Crippen LogP contribution in [0.1, 0.15) is 24.2 Å². The second-order valence-electron chi connectivity index (χ2n) is 3.09. The number of rotatable bonds is 6. The van der Waals surface area contributed by atoms with Crippen LogP contribution in [-0.4, -0.2) is 25.3 Å². The summed E-state index contributed by atoms with van der Waals surface area (Å²) in [5, 5.41) is 0.414. The maximum atomic E-state index is 12.0. The Morgan fingerprint density at radius 2 is 1.81 bits per heavy atom. The lowest BCUT2D eigenvalue weighted by atomic mass is 10.1. The molecule has 0 radical (unpaired) electrons. The van der Waals surface area contributed by atoms with Crippen molar-refractivity contribution >= 4 is 17.4 Å². The van der Waals surface area contributed by atoms with E-state index in [1.165, 1.54) is 0 Å². The number of hydrogen-bond acceptors (Lipinski definition) is 3. The molecule has 0 unspecified atom stereocenters. The minimum Gasteiger partial charge on any atom is -0.346 e. The van der Waals surface area contributed by atoms with Gasteiger partial charge in [0.2, 0.25) is 12.1 Å². The van der Waals surface area contributed by atoms with Gasteiger partial charge in [0.15, 0.2) is 0 Å². The Morgan fingerprint density at radius 1 is 1.25 bits per heavy atom. The van der Waals surface area contributed by atoms with E-state index in [2.05, 4.69) is 0 Å². The monoisotopic (exact) mass is 242 g/mol. The lowest BCUT2D eigenvalue weighted by Gasteiger charge is -2.16. The van der Waals surface area contributed by atoms with Gasteiger partial charge in [0.05, 0.1) is 5.02 Å². The van der Waals surface area contributed by atoms with Crippen molar-refractivity contribution < 1.29 is 14.3 Å². The van der Waals surface area contributed by atoms with Crippen LogP contribution in [0.4, 0.5) is 0 Å². The number of ether oxygens (including phenoxy) is 2. The molecule has 0 aromatic heterocycles. The molecule has 0 amide bonds. The van der Waals surface area contributed by atoms with E-state index in [9.17, 15) is 4.79 Å². The van der Waals surface area contributed by atoms with E-state index in [0.717, 1.165) is 0 Å². The molecule has 0 aliphatic heterocycles. The zero-order chi connectivity index (χ0) is 12.0. The van der Waals surface area contributed by atoms with Crippen LogP contribution in [0.2, 0.25) is 5.02 Å². The van der Waals surface area contributed by atoms with Crippen LogP contribution in [0.5, 0.6) is 0 Å². The van der Waals surface area contributed by atoms with Crippen LogP contribution in [0.25, 0.3) is 0 Å². The number of benzene rings is 1. The van der Waals surface area contributed by atoms with E-state index in [4.69, 9.17) is 21.1 Å². The summed E-state index contributed by atoms with van der Waals surface area (Å²) in [6.45, 7) is 4.46. The molecule has 88 valence electrons. The van der Waals surface area contributed by atoms with E-state index < -0.39 is 6.29 Å². The maximum absolute atomic E-state index is 12.0. The number of Topliss-reactive ketones (excluding diaryl/α,β-unsaturated/α-hetero) is 1. The Labute approximate surface area is 100 Å². The Morgan fingerprint density at radius 3 is 2.31 bits per heavy atom. The van der Waals surface area contributed by atoms with E-state index in [0.29, 0.717) is 23.8 Å². The average molecular weight is 243 g/mol. The molecule has 3 nitrogen and oxygen atoms in total. The fourth-order valence-corrected chi connectivity index (χ4v) is 1.52. The molecule has 1 aromatic rings. The first-order valence-electron chi connectivity index (χ1n) is 5.22. The van der Waals surface area contributed by atoms with Crippen molar-refractivity contribution in [3.63, 3.8) is 0 Å². The van der Waals surface area contributed by atoms with E-state index in [1.807, 2.05) is 13.8 Å². The summed E-state index contributed by atoms with van der Waals surface area (Å²) in [6, 6.07) is 6.86. The predicted octanol–water partition coefficient (Wildman–Crippen LogP) is 2.92. The molecule has 0 fully saturated rings. The Bertz CT molecular complexity index is 346. The molecule has 0 spiro atoms. The van der Waals surface area contributed by atoms with Gasteiger partial charge in [-0.05, 0) is 26.0 Å². The summed E-state index contributed by atoms with van der Waals surface area (Å²) >= 11 is 5.93. The molecule has 0 heterocycles. The predicted molar refractivity (Wildman–Crippen MR) is 62.8 cm³/mol. The maximum Gasteiger partial charge on any atom is 0.222 e. The van der Waals surface area contributed by atoms with Crippen molar-refractivity contribution in [3.8, 4) is 0 Å². The zero-order valence-corrected chi connectivity index (χ0v) is 10.2. The molecule has 0 saturated carbocycles. The summed E-state index contributed by atoms with van der Waals surface area (Å²) < 4.78 is 10.4. The van der Waals surface area contributed by atoms with Gasteiger partial charge < -0.3 is 9.47 Å². The minimum absolute atomic E-state index is 0.241. The zero-order valence-electron chi connectivity index (χ0n) is 9.40. The third-order valence-corrected chi connectivity index (χ3v) is 2.32. The van der Waals surface area contributed by atoms with Crippen LogP contribution in [0, 0.1) is 0 Å². The smallest absolute Gasteiger partial charge is 0.222 e. The molecule has 0 aliphatic carbocycles. The third-order valence-electron chi connectivity index (χ3n) is 1.99. The second kappa shape index (κ2) is 6.63. The fourth-order valence-electron chi connectivity index (χ4n) is 1.29. The van der Waals surface area contributed by atoms with Crippen molar-refractivity contribution in [2.45, 2.75) is 20.1 Å². The van der Waals surface area contributed by atoms with Crippen molar-refractivity contribution in [2.24, 2.45) is 0 Å². The van der Waals surface area contributed by atoms with Crippen LogP contribution in [0.15, 0.2) is 24.3 Å².